The first-order valence-corrected chi connectivity index (χ1v) is 9.63. The van der Waals surface area contributed by atoms with Crippen LogP contribution >= 0.6 is 18.9 Å². The lowest BCUT2D eigenvalue weighted by Crippen LogP contribution is -2.22. The van der Waals surface area contributed by atoms with Gasteiger partial charge in [-0.05, 0) is 43.8 Å². The second kappa shape index (κ2) is 7.84. The van der Waals surface area contributed by atoms with Crippen LogP contribution in [0.15, 0.2) is 29.8 Å². The fourth-order valence-electron chi connectivity index (χ4n) is 1.95. The second-order valence-corrected chi connectivity index (χ2v) is 7.59. The van der Waals surface area contributed by atoms with Crippen molar-refractivity contribution in [1.82, 2.24) is 4.98 Å². The lowest BCUT2D eigenvalue weighted by molar-refractivity contribution is 0.103. The van der Waals surface area contributed by atoms with Crippen LogP contribution in [-0.2, 0) is 13.6 Å². The molecule has 23 heavy (non-hydrogen) atoms. The number of carbonyl (C=O) groups excluding carboxylic acids is 1. The van der Waals surface area contributed by atoms with Gasteiger partial charge < -0.3 is 14.4 Å². The number of amides is 1. The molecular formula is C15H19N2O4PS. The van der Waals surface area contributed by atoms with Gasteiger partial charge in [0.2, 0.25) is 0 Å². The Morgan fingerprint density at radius 3 is 2.61 bits per heavy atom. The molecular weight excluding hydrogens is 335 g/mol. The van der Waals surface area contributed by atoms with Crippen LogP contribution in [0.1, 0.15) is 29.1 Å². The van der Waals surface area contributed by atoms with Gasteiger partial charge in [-0.15, -0.1) is 11.3 Å². The Labute approximate surface area is 139 Å². The Bertz CT molecular complexity index is 708. The van der Waals surface area contributed by atoms with E-state index in [1.54, 1.807) is 38.2 Å². The summed E-state index contributed by atoms with van der Waals surface area (Å²) in [5.74, 6) is -0.114. The first-order chi connectivity index (χ1) is 11.0. The maximum absolute atomic E-state index is 13.0. The first-order valence-electron chi connectivity index (χ1n) is 7.21. The lowest BCUT2D eigenvalue weighted by Gasteiger charge is -2.20. The van der Waals surface area contributed by atoms with E-state index >= 15 is 0 Å². The SMILES string of the molecule is CCOP(=O)(OCC)c1cc(C)cnc1NC(=O)c1cccs1. The van der Waals surface area contributed by atoms with Gasteiger partial charge in [0.05, 0.1) is 18.1 Å². The Morgan fingerprint density at radius 2 is 2.04 bits per heavy atom. The van der Waals surface area contributed by atoms with E-state index in [4.69, 9.17) is 9.05 Å². The van der Waals surface area contributed by atoms with E-state index in [1.165, 1.54) is 11.3 Å². The summed E-state index contributed by atoms with van der Waals surface area (Å²) in [6, 6.07) is 5.16. The molecule has 0 aliphatic carbocycles. The molecule has 0 saturated carbocycles. The van der Waals surface area contributed by atoms with Gasteiger partial charge in [0, 0.05) is 6.20 Å². The number of carbonyl (C=O) groups is 1. The predicted molar refractivity (Wildman–Crippen MR) is 91.7 cm³/mol. The van der Waals surface area contributed by atoms with Gasteiger partial charge >= 0.3 is 7.60 Å². The Morgan fingerprint density at radius 1 is 1.35 bits per heavy atom. The number of nitrogens with one attached hydrogen (secondary N) is 1. The van der Waals surface area contributed by atoms with Crippen molar-refractivity contribution in [3.8, 4) is 0 Å². The number of anilines is 1. The van der Waals surface area contributed by atoms with E-state index in [-0.39, 0.29) is 30.2 Å². The molecule has 2 rings (SSSR count). The summed E-state index contributed by atoms with van der Waals surface area (Å²) in [5, 5.41) is 4.77. The summed E-state index contributed by atoms with van der Waals surface area (Å²) in [6.07, 6.45) is 1.59. The van der Waals surface area contributed by atoms with Crippen molar-refractivity contribution < 1.29 is 18.4 Å². The molecule has 2 heterocycles. The number of hydrogen-bond acceptors (Lipinski definition) is 6. The average molecular weight is 354 g/mol. The van der Waals surface area contributed by atoms with Crippen LogP contribution in [0.5, 0.6) is 0 Å². The van der Waals surface area contributed by atoms with Crippen molar-refractivity contribution >= 4 is 36.0 Å². The number of rotatable bonds is 7. The molecule has 0 atom stereocenters. The molecule has 8 heteroatoms. The standard InChI is InChI=1S/C15H19N2O4PS/c1-4-20-22(19,21-5-2)12-9-11(3)10-16-14(12)17-15(18)13-7-6-8-23-13/h6-10H,4-5H2,1-3H3,(H,16,17,18). The minimum Gasteiger partial charge on any atom is -0.305 e. The van der Waals surface area contributed by atoms with Gasteiger partial charge in [-0.2, -0.15) is 0 Å². The minimum atomic E-state index is -3.54. The molecule has 6 nitrogen and oxygen atoms in total. The number of aromatic nitrogens is 1. The molecule has 0 spiro atoms. The zero-order valence-corrected chi connectivity index (χ0v) is 14.9. The van der Waals surface area contributed by atoms with Gasteiger partial charge in [-0.25, -0.2) is 4.98 Å². The van der Waals surface area contributed by atoms with Crippen LogP contribution in [0.2, 0.25) is 0 Å². The number of nitrogens with zero attached hydrogens (tertiary/aromatic N) is 1. The molecule has 2 aromatic heterocycles. The van der Waals surface area contributed by atoms with Gasteiger partial charge in [-0.3, -0.25) is 9.36 Å². The van der Waals surface area contributed by atoms with Crippen LogP contribution in [0.25, 0.3) is 0 Å². The minimum absolute atomic E-state index is 0.194. The third-order valence-corrected chi connectivity index (χ3v) is 5.87. The molecule has 0 fully saturated rings. The fraction of sp³-hybridized carbons (Fsp3) is 0.333. The van der Waals surface area contributed by atoms with Crippen molar-refractivity contribution in [3.63, 3.8) is 0 Å². The third-order valence-electron chi connectivity index (χ3n) is 2.87. The quantitative estimate of drug-likeness (QED) is 0.769. The molecule has 1 amide bonds. The van der Waals surface area contributed by atoms with Gasteiger partial charge in [0.25, 0.3) is 5.91 Å². The van der Waals surface area contributed by atoms with Crippen molar-refractivity contribution in [2.24, 2.45) is 0 Å². The molecule has 0 aliphatic rings. The summed E-state index contributed by atoms with van der Waals surface area (Å²) in [5.41, 5.74) is 0.800. The van der Waals surface area contributed by atoms with E-state index in [2.05, 4.69) is 10.3 Å². The van der Waals surface area contributed by atoms with Crippen LogP contribution in [0.4, 0.5) is 5.82 Å². The summed E-state index contributed by atoms with van der Waals surface area (Å²) in [4.78, 5) is 17.0. The Hall–Kier alpha value is -1.53. The highest BCUT2D eigenvalue weighted by molar-refractivity contribution is 7.62. The Kier molecular flexibility index (Phi) is 6.07. The molecule has 0 saturated heterocycles. The van der Waals surface area contributed by atoms with E-state index in [0.29, 0.717) is 4.88 Å². The van der Waals surface area contributed by atoms with Crippen molar-refractivity contribution in [2.45, 2.75) is 20.8 Å². The Balaban J connectivity index is 2.40. The molecule has 0 unspecified atom stereocenters. The van der Waals surface area contributed by atoms with Crippen molar-refractivity contribution in [2.75, 3.05) is 18.5 Å². The van der Waals surface area contributed by atoms with E-state index in [0.717, 1.165) is 5.56 Å². The monoisotopic (exact) mass is 354 g/mol. The molecule has 1 N–H and O–H groups in total. The largest absolute Gasteiger partial charge is 0.365 e. The molecule has 0 bridgehead atoms. The highest BCUT2D eigenvalue weighted by Crippen LogP contribution is 2.48. The molecule has 2 aromatic rings. The number of hydrogen-bond donors (Lipinski definition) is 1. The van der Waals surface area contributed by atoms with Gasteiger partial charge in [-0.1, -0.05) is 6.07 Å². The highest BCUT2D eigenvalue weighted by atomic mass is 32.1. The fourth-order valence-corrected chi connectivity index (χ4v) is 4.34. The summed E-state index contributed by atoms with van der Waals surface area (Å²) in [7, 11) is -3.54. The third kappa shape index (κ3) is 4.26. The highest BCUT2D eigenvalue weighted by Gasteiger charge is 2.31. The van der Waals surface area contributed by atoms with Gasteiger partial charge in [0.15, 0.2) is 0 Å². The molecule has 0 aliphatic heterocycles. The summed E-state index contributed by atoms with van der Waals surface area (Å²) >= 11 is 1.32. The van der Waals surface area contributed by atoms with E-state index < -0.39 is 7.60 Å². The van der Waals surface area contributed by atoms with Gasteiger partial charge in [0.1, 0.15) is 11.1 Å². The van der Waals surface area contributed by atoms with Crippen LogP contribution in [-0.4, -0.2) is 24.1 Å². The smallest absolute Gasteiger partial charge is 0.305 e. The first kappa shape index (κ1) is 17.8. The number of thiophene rings is 1. The van der Waals surface area contributed by atoms with Crippen LogP contribution in [0, 0.1) is 6.92 Å². The normalized spacial score (nSPS) is 11.4. The van der Waals surface area contributed by atoms with E-state index in [1.807, 2.05) is 12.3 Å². The van der Waals surface area contributed by atoms with Crippen molar-refractivity contribution in [1.29, 1.82) is 0 Å². The summed E-state index contributed by atoms with van der Waals surface area (Å²) in [6.45, 7) is 5.74. The zero-order chi connectivity index (χ0) is 16.9. The number of pyridine rings is 1. The lowest BCUT2D eigenvalue weighted by atomic mass is 10.3. The molecule has 0 aromatic carbocycles. The molecule has 124 valence electrons. The maximum Gasteiger partial charge on any atom is 0.365 e. The van der Waals surface area contributed by atoms with E-state index in [9.17, 15) is 9.36 Å². The van der Waals surface area contributed by atoms with Crippen LogP contribution in [0.3, 0.4) is 0 Å². The molecule has 0 radical (unpaired) electrons. The maximum atomic E-state index is 13.0. The average Bonchev–Trinajstić information content (AvgIpc) is 3.04. The summed E-state index contributed by atoms with van der Waals surface area (Å²) < 4.78 is 23.8. The number of aryl methyl sites for hydroxylation is 1. The van der Waals surface area contributed by atoms with Crippen molar-refractivity contribution in [3.05, 3.63) is 40.2 Å². The zero-order valence-electron chi connectivity index (χ0n) is 13.2. The second-order valence-electron chi connectivity index (χ2n) is 4.64. The topological polar surface area (TPSA) is 77.5 Å². The predicted octanol–water partition coefficient (Wildman–Crippen LogP) is 3.60. The van der Waals surface area contributed by atoms with Crippen LogP contribution < -0.4 is 10.6 Å².